The molecule has 0 aliphatic carbocycles. The van der Waals surface area contributed by atoms with Crippen molar-refractivity contribution in [2.75, 3.05) is 7.11 Å². The zero-order chi connectivity index (χ0) is 22.7. The van der Waals surface area contributed by atoms with Crippen LogP contribution in [0.5, 0.6) is 5.75 Å². The summed E-state index contributed by atoms with van der Waals surface area (Å²) in [6.07, 6.45) is 0. The lowest BCUT2D eigenvalue weighted by atomic mass is 10.1. The van der Waals surface area contributed by atoms with Crippen LogP contribution < -0.4 is 10.3 Å². The maximum absolute atomic E-state index is 12.5. The Kier molecular flexibility index (Phi) is 6.46. The highest BCUT2D eigenvalue weighted by Crippen LogP contribution is 2.35. The summed E-state index contributed by atoms with van der Waals surface area (Å²) in [5, 5.41) is 18.3. The van der Waals surface area contributed by atoms with E-state index >= 15 is 0 Å². The molecule has 0 amide bonds. The Hall–Kier alpha value is -3.32. The number of hydrogen-bond donors (Lipinski definition) is 1. The predicted octanol–water partition coefficient (Wildman–Crippen LogP) is 4.97. The maximum Gasteiger partial charge on any atom is 0.270 e. The molecule has 0 saturated heterocycles. The molecule has 160 valence electrons. The average molecular weight is 486 g/mol. The fraction of sp³-hybridized carbons (Fsp3) is 0.0952. The minimum absolute atomic E-state index is 0.110. The first-order valence-electron chi connectivity index (χ1n) is 9.08. The van der Waals surface area contributed by atoms with Gasteiger partial charge in [0.15, 0.2) is 5.16 Å². The summed E-state index contributed by atoms with van der Waals surface area (Å²) in [6, 6.07) is 14.0. The normalized spacial score (nSPS) is 10.7. The molecule has 4 aromatic rings. The molecule has 1 N–H and O–H groups in total. The second-order valence-corrected chi connectivity index (χ2v) is 8.10. The van der Waals surface area contributed by atoms with Crippen LogP contribution in [0.15, 0.2) is 56.8 Å². The van der Waals surface area contributed by atoms with Gasteiger partial charge in [-0.3, -0.25) is 4.79 Å². The second kappa shape index (κ2) is 9.44. The lowest BCUT2D eigenvalue weighted by Crippen LogP contribution is -2.15. The Bertz CT molecular complexity index is 1360. The summed E-state index contributed by atoms with van der Waals surface area (Å²) < 4.78 is 10.8. The average Bonchev–Trinajstić information content (AvgIpc) is 3.27. The van der Waals surface area contributed by atoms with Crippen molar-refractivity contribution in [1.29, 1.82) is 5.26 Å². The van der Waals surface area contributed by atoms with Gasteiger partial charge >= 0.3 is 0 Å². The minimum atomic E-state index is -0.597. The van der Waals surface area contributed by atoms with Gasteiger partial charge in [-0.1, -0.05) is 41.0 Å². The van der Waals surface area contributed by atoms with Crippen LogP contribution in [0.4, 0.5) is 0 Å². The largest absolute Gasteiger partial charge is 0.497 e. The van der Waals surface area contributed by atoms with E-state index in [1.165, 1.54) is 0 Å². The van der Waals surface area contributed by atoms with Crippen molar-refractivity contribution in [2.45, 2.75) is 10.9 Å². The number of H-pyrrole nitrogens is 1. The van der Waals surface area contributed by atoms with Gasteiger partial charge in [-0.2, -0.15) is 5.26 Å². The number of rotatable bonds is 6. The maximum atomic E-state index is 12.5. The number of ether oxygens (including phenoxy) is 1. The molecule has 0 aliphatic rings. The van der Waals surface area contributed by atoms with E-state index in [9.17, 15) is 10.1 Å². The molecule has 0 unspecified atom stereocenters. The van der Waals surface area contributed by atoms with Gasteiger partial charge in [-0.25, -0.2) is 4.98 Å². The summed E-state index contributed by atoms with van der Waals surface area (Å²) in [6.45, 7) is 0. The summed E-state index contributed by atoms with van der Waals surface area (Å²) in [5.74, 6) is 1.65. The zero-order valence-corrected chi connectivity index (χ0v) is 18.8. The summed E-state index contributed by atoms with van der Waals surface area (Å²) in [4.78, 5) is 19.5. The highest BCUT2D eigenvalue weighted by Gasteiger charge is 2.19. The predicted molar refractivity (Wildman–Crippen MR) is 121 cm³/mol. The lowest BCUT2D eigenvalue weighted by molar-refractivity contribution is 0.415. The van der Waals surface area contributed by atoms with Crippen molar-refractivity contribution in [3.05, 3.63) is 74.3 Å². The summed E-state index contributed by atoms with van der Waals surface area (Å²) in [5.41, 5.74) is 0.401. The molecule has 2 aromatic carbocycles. The number of methoxy groups -OCH3 is 1. The van der Waals surface area contributed by atoms with Gasteiger partial charge in [-0.15, -0.1) is 10.2 Å². The Morgan fingerprint density at radius 3 is 2.53 bits per heavy atom. The number of nitriles is 1. The molecule has 11 heteroatoms. The molecule has 32 heavy (non-hydrogen) atoms. The fourth-order valence-corrected chi connectivity index (χ4v) is 4.10. The molecule has 0 spiro atoms. The van der Waals surface area contributed by atoms with Crippen LogP contribution in [0.1, 0.15) is 11.5 Å². The van der Waals surface area contributed by atoms with Gasteiger partial charge in [0.25, 0.3) is 5.56 Å². The molecular formula is C21H13Cl2N5O3S. The Balaban J connectivity index is 1.59. The first-order valence-corrected chi connectivity index (χ1v) is 10.8. The van der Waals surface area contributed by atoms with Crippen LogP contribution in [0.3, 0.4) is 0 Å². The van der Waals surface area contributed by atoms with E-state index in [-0.39, 0.29) is 32.2 Å². The van der Waals surface area contributed by atoms with Crippen molar-refractivity contribution in [3.63, 3.8) is 0 Å². The highest BCUT2D eigenvalue weighted by atomic mass is 35.5. The van der Waals surface area contributed by atoms with Gasteiger partial charge in [0, 0.05) is 11.1 Å². The Labute approximate surface area is 196 Å². The third kappa shape index (κ3) is 4.48. The highest BCUT2D eigenvalue weighted by molar-refractivity contribution is 7.98. The SMILES string of the molecule is COc1ccc(-c2nnc(CSc3nc(-c4c(Cl)cccc4Cl)c(C#N)c(=O)[nH]3)o2)cc1. The molecular weight excluding hydrogens is 473 g/mol. The smallest absolute Gasteiger partial charge is 0.270 e. The van der Waals surface area contributed by atoms with Crippen LogP contribution in [0.25, 0.3) is 22.7 Å². The number of halogens is 2. The molecule has 0 bridgehead atoms. The number of thioether (sulfide) groups is 1. The molecule has 2 heterocycles. The van der Waals surface area contributed by atoms with Gasteiger partial charge in [-0.05, 0) is 36.4 Å². The van der Waals surface area contributed by atoms with Crippen LogP contribution >= 0.6 is 35.0 Å². The Morgan fingerprint density at radius 2 is 1.88 bits per heavy atom. The molecule has 0 radical (unpaired) electrons. The molecule has 0 atom stereocenters. The van der Waals surface area contributed by atoms with E-state index in [4.69, 9.17) is 32.4 Å². The molecule has 4 rings (SSSR count). The molecule has 0 aliphatic heterocycles. The first-order chi connectivity index (χ1) is 15.5. The van der Waals surface area contributed by atoms with E-state index < -0.39 is 5.56 Å². The third-order valence-electron chi connectivity index (χ3n) is 4.35. The molecule has 2 aromatic heterocycles. The van der Waals surface area contributed by atoms with Gasteiger partial charge < -0.3 is 14.1 Å². The zero-order valence-electron chi connectivity index (χ0n) is 16.4. The van der Waals surface area contributed by atoms with Gasteiger partial charge in [0.05, 0.1) is 28.6 Å². The van der Waals surface area contributed by atoms with Crippen LogP contribution in [0.2, 0.25) is 10.0 Å². The van der Waals surface area contributed by atoms with E-state index in [0.29, 0.717) is 23.1 Å². The lowest BCUT2D eigenvalue weighted by Gasteiger charge is -2.09. The van der Waals surface area contributed by atoms with E-state index in [2.05, 4.69) is 20.2 Å². The number of aromatic nitrogens is 4. The quantitative estimate of drug-likeness (QED) is 0.300. The minimum Gasteiger partial charge on any atom is -0.497 e. The number of hydrogen-bond acceptors (Lipinski definition) is 8. The fourth-order valence-electron chi connectivity index (χ4n) is 2.82. The topological polar surface area (TPSA) is 118 Å². The van der Waals surface area contributed by atoms with Crippen LogP contribution in [-0.2, 0) is 5.75 Å². The number of aromatic amines is 1. The first kappa shape index (κ1) is 21.9. The van der Waals surface area contributed by atoms with Crippen molar-refractivity contribution < 1.29 is 9.15 Å². The van der Waals surface area contributed by atoms with Crippen molar-refractivity contribution >= 4 is 35.0 Å². The van der Waals surface area contributed by atoms with Gasteiger partial charge in [0.1, 0.15) is 17.4 Å². The van der Waals surface area contributed by atoms with E-state index in [0.717, 1.165) is 17.3 Å². The van der Waals surface area contributed by atoms with Crippen molar-refractivity contribution in [2.24, 2.45) is 0 Å². The van der Waals surface area contributed by atoms with Gasteiger partial charge in [0.2, 0.25) is 11.8 Å². The molecule has 0 saturated carbocycles. The van der Waals surface area contributed by atoms with E-state index in [1.54, 1.807) is 37.4 Å². The van der Waals surface area contributed by atoms with Crippen LogP contribution in [0, 0.1) is 11.3 Å². The summed E-state index contributed by atoms with van der Waals surface area (Å²) >= 11 is 13.7. The third-order valence-corrected chi connectivity index (χ3v) is 5.83. The number of benzene rings is 2. The molecule has 0 fully saturated rings. The monoisotopic (exact) mass is 485 g/mol. The summed E-state index contributed by atoms with van der Waals surface area (Å²) in [7, 11) is 1.59. The van der Waals surface area contributed by atoms with E-state index in [1.807, 2.05) is 18.2 Å². The van der Waals surface area contributed by atoms with Crippen LogP contribution in [-0.4, -0.2) is 27.3 Å². The Morgan fingerprint density at radius 1 is 1.16 bits per heavy atom. The van der Waals surface area contributed by atoms with Crippen molar-refractivity contribution in [1.82, 2.24) is 20.2 Å². The number of nitrogens with zero attached hydrogens (tertiary/aromatic N) is 4. The standard InChI is InChI=1S/C21H13Cl2N5O3S/c1-30-12-7-5-11(6-8-12)20-28-27-16(31-20)10-32-21-25-18(13(9-24)19(29)26-21)17-14(22)3-2-4-15(17)23/h2-8H,10H2,1H3,(H,25,26,29). The second-order valence-electron chi connectivity index (χ2n) is 6.32. The van der Waals surface area contributed by atoms with Crippen molar-refractivity contribution in [3.8, 4) is 34.5 Å². The number of nitrogens with one attached hydrogen (secondary N) is 1. The molecule has 8 nitrogen and oxygen atoms in total.